The zero-order valence-electron chi connectivity index (χ0n) is 14.7. The molecule has 2 aromatic rings. The van der Waals surface area contributed by atoms with Crippen LogP contribution in [0.15, 0.2) is 60.7 Å². The summed E-state index contributed by atoms with van der Waals surface area (Å²) in [4.78, 5) is 39.3. The third-order valence-electron chi connectivity index (χ3n) is 5.86. The van der Waals surface area contributed by atoms with E-state index in [2.05, 4.69) is 12.2 Å². The van der Waals surface area contributed by atoms with Gasteiger partial charge in [-0.05, 0) is 66.8 Å². The van der Waals surface area contributed by atoms with Gasteiger partial charge in [0.25, 0.3) is 0 Å². The highest BCUT2D eigenvalue weighted by Crippen LogP contribution is 2.53. The lowest BCUT2D eigenvalue weighted by Gasteiger charge is -2.17. The number of amides is 2. The molecule has 0 radical (unpaired) electrons. The number of fused-ring (bicyclic) bond motifs is 5. The average Bonchev–Trinajstić information content (AvgIpc) is 3.38. The first-order valence-electron chi connectivity index (χ1n) is 9.17. The lowest BCUT2D eigenvalue weighted by atomic mass is 9.85. The third-order valence-corrected chi connectivity index (χ3v) is 6.11. The van der Waals surface area contributed by atoms with Gasteiger partial charge in [0.05, 0.1) is 23.1 Å². The molecule has 1 heterocycles. The summed E-state index contributed by atoms with van der Waals surface area (Å²) in [6.07, 6.45) is 5.03. The first-order valence-corrected chi connectivity index (χ1v) is 9.54. The van der Waals surface area contributed by atoms with Gasteiger partial charge in [-0.25, -0.2) is 4.79 Å². The smallest absolute Gasteiger partial charge is 0.343 e. The maximum absolute atomic E-state index is 12.8. The van der Waals surface area contributed by atoms with Gasteiger partial charge >= 0.3 is 5.97 Å². The fourth-order valence-corrected chi connectivity index (χ4v) is 4.70. The van der Waals surface area contributed by atoms with Crippen LogP contribution >= 0.6 is 11.6 Å². The molecule has 2 fully saturated rings. The van der Waals surface area contributed by atoms with Crippen molar-refractivity contribution in [1.29, 1.82) is 0 Å². The van der Waals surface area contributed by atoms with E-state index in [-0.39, 0.29) is 35.5 Å². The molecule has 5 rings (SSSR count). The number of ether oxygens (including phenoxy) is 1. The molecule has 5 nitrogen and oxygen atoms in total. The second-order valence-corrected chi connectivity index (χ2v) is 7.84. The van der Waals surface area contributed by atoms with Gasteiger partial charge in [-0.2, -0.15) is 0 Å². The SMILES string of the molecule is O=C(Oc1ccc(Cl)cc1)c1ccc(N2C(=O)[C@@H]3[C@H](C2=O)[C@H]2C=C[C@H]3C2)cc1. The van der Waals surface area contributed by atoms with Crippen molar-refractivity contribution >= 4 is 35.1 Å². The highest BCUT2D eigenvalue weighted by Gasteiger charge is 2.59. The fourth-order valence-electron chi connectivity index (χ4n) is 4.57. The number of imide groups is 1. The van der Waals surface area contributed by atoms with Crippen molar-refractivity contribution in [2.24, 2.45) is 23.7 Å². The van der Waals surface area contributed by atoms with Gasteiger partial charge in [0, 0.05) is 5.02 Å². The number of halogens is 1. The molecule has 2 aromatic carbocycles. The number of carbonyl (C=O) groups excluding carboxylic acids is 3. The van der Waals surface area contributed by atoms with E-state index in [1.165, 1.54) is 4.90 Å². The van der Waals surface area contributed by atoms with Crippen LogP contribution in [0.4, 0.5) is 5.69 Å². The lowest BCUT2D eigenvalue weighted by Crippen LogP contribution is -2.32. The van der Waals surface area contributed by atoms with Gasteiger partial charge in [0.2, 0.25) is 11.8 Å². The van der Waals surface area contributed by atoms with E-state index < -0.39 is 5.97 Å². The highest BCUT2D eigenvalue weighted by molar-refractivity contribution is 6.30. The lowest BCUT2D eigenvalue weighted by molar-refractivity contribution is -0.123. The van der Waals surface area contributed by atoms with Crippen molar-refractivity contribution in [3.05, 3.63) is 71.3 Å². The summed E-state index contributed by atoms with van der Waals surface area (Å²) in [5.41, 5.74) is 0.826. The number of allylic oxidation sites excluding steroid dienone is 2. The molecule has 3 aliphatic rings. The largest absolute Gasteiger partial charge is 0.423 e. The number of hydrogen-bond donors (Lipinski definition) is 0. The number of esters is 1. The molecule has 140 valence electrons. The monoisotopic (exact) mass is 393 g/mol. The Morgan fingerprint density at radius 1 is 0.893 bits per heavy atom. The van der Waals surface area contributed by atoms with E-state index in [0.29, 0.717) is 22.0 Å². The van der Waals surface area contributed by atoms with Crippen LogP contribution < -0.4 is 9.64 Å². The summed E-state index contributed by atoms with van der Waals surface area (Å²) in [6.45, 7) is 0. The summed E-state index contributed by atoms with van der Waals surface area (Å²) in [5, 5.41) is 0.553. The van der Waals surface area contributed by atoms with Gasteiger partial charge in [-0.3, -0.25) is 14.5 Å². The number of anilines is 1. The van der Waals surface area contributed by atoms with Gasteiger partial charge < -0.3 is 4.74 Å². The Morgan fingerprint density at radius 3 is 2.04 bits per heavy atom. The van der Waals surface area contributed by atoms with E-state index in [1.54, 1.807) is 48.5 Å². The van der Waals surface area contributed by atoms with Crippen LogP contribution in [0, 0.1) is 23.7 Å². The Labute approximate surface area is 166 Å². The minimum absolute atomic E-state index is 0.136. The summed E-state index contributed by atoms with van der Waals surface area (Å²) >= 11 is 5.82. The second kappa shape index (κ2) is 6.31. The van der Waals surface area contributed by atoms with Crippen LogP contribution in [0.5, 0.6) is 5.75 Å². The molecular weight excluding hydrogens is 378 g/mol. The van der Waals surface area contributed by atoms with Crippen LogP contribution in [-0.4, -0.2) is 17.8 Å². The predicted molar refractivity (Wildman–Crippen MR) is 103 cm³/mol. The van der Waals surface area contributed by atoms with E-state index in [4.69, 9.17) is 16.3 Å². The molecule has 1 aliphatic heterocycles. The second-order valence-electron chi connectivity index (χ2n) is 7.40. The minimum Gasteiger partial charge on any atom is -0.423 e. The topological polar surface area (TPSA) is 63.7 Å². The zero-order chi connectivity index (χ0) is 19.4. The van der Waals surface area contributed by atoms with E-state index >= 15 is 0 Å². The Hall–Kier alpha value is -2.92. The Balaban J connectivity index is 1.34. The molecule has 4 atom stereocenters. The van der Waals surface area contributed by atoms with Crippen LogP contribution in [-0.2, 0) is 9.59 Å². The highest BCUT2D eigenvalue weighted by atomic mass is 35.5. The molecular formula is C22H16ClNO4. The van der Waals surface area contributed by atoms with Crippen molar-refractivity contribution in [3.8, 4) is 5.75 Å². The maximum Gasteiger partial charge on any atom is 0.343 e. The Morgan fingerprint density at radius 2 is 1.46 bits per heavy atom. The third kappa shape index (κ3) is 2.58. The Kier molecular flexibility index (Phi) is 3.88. The number of hydrogen-bond acceptors (Lipinski definition) is 4. The average molecular weight is 394 g/mol. The van der Waals surface area contributed by atoms with Crippen molar-refractivity contribution < 1.29 is 19.1 Å². The molecule has 6 heteroatoms. The van der Waals surface area contributed by atoms with Crippen LogP contribution in [0.2, 0.25) is 5.02 Å². The molecule has 2 bridgehead atoms. The van der Waals surface area contributed by atoms with E-state index in [1.807, 2.05) is 0 Å². The van der Waals surface area contributed by atoms with E-state index in [9.17, 15) is 14.4 Å². The van der Waals surface area contributed by atoms with E-state index in [0.717, 1.165) is 6.42 Å². The molecule has 0 aromatic heterocycles. The first-order chi connectivity index (χ1) is 13.5. The summed E-state index contributed by atoms with van der Waals surface area (Å²) in [6, 6.07) is 12.8. The number of carbonyl (C=O) groups is 3. The molecule has 2 aliphatic carbocycles. The first kappa shape index (κ1) is 17.2. The van der Waals surface area contributed by atoms with Crippen molar-refractivity contribution in [3.63, 3.8) is 0 Å². The molecule has 0 spiro atoms. The minimum atomic E-state index is -0.521. The normalized spacial score (nSPS) is 27.4. The molecule has 1 saturated carbocycles. The van der Waals surface area contributed by atoms with Gasteiger partial charge in [-0.15, -0.1) is 0 Å². The fraction of sp³-hybridized carbons (Fsp3) is 0.227. The van der Waals surface area contributed by atoms with Crippen molar-refractivity contribution in [2.45, 2.75) is 6.42 Å². The summed E-state index contributed by atoms with van der Waals surface area (Å²) in [5.74, 6) is -0.540. The van der Waals surface area contributed by atoms with Crippen molar-refractivity contribution in [1.82, 2.24) is 0 Å². The van der Waals surface area contributed by atoms with Gasteiger partial charge in [-0.1, -0.05) is 23.8 Å². The summed E-state index contributed by atoms with van der Waals surface area (Å²) < 4.78 is 5.31. The summed E-state index contributed by atoms with van der Waals surface area (Å²) in [7, 11) is 0. The Bertz CT molecular complexity index is 982. The predicted octanol–water partition coefficient (Wildman–Crippen LogP) is 3.87. The molecule has 0 N–H and O–H groups in total. The number of rotatable bonds is 3. The van der Waals surface area contributed by atoms with Crippen LogP contribution in [0.1, 0.15) is 16.8 Å². The quantitative estimate of drug-likeness (QED) is 0.343. The molecule has 28 heavy (non-hydrogen) atoms. The molecule has 2 amide bonds. The van der Waals surface area contributed by atoms with Crippen LogP contribution in [0.3, 0.4) is 0 Å². The standard InChI is InChI=1S/C22H16ClNO4/c23-15-5-9-17(10-6-15)28-22(27)12-3-7-16(8-4-12)24-20(25)18-13-1-2-14(11-13)19(18)21(24)26/h1-10,13-14,18-19H,11H2/t13-,14-,18-,19+/m0/s1. The molecule has 1 saturated heterocycles. The zero-order valence-corrected chi connectivity index (χ0v) is 15.5. The maximum atomic E-state index is 12.8. The van der Waals surface area contributed by atoms with Gasteiger partial charge in [0.1, 0.15) is 5.75 Å². The number of benzene rings is 2. The van der Waals surface area contributed by atoms with Gasteiger partial charge in [0.15, 0.2) is 0 Å². The number of nitrogens with zero attached hydrogens (tertiary/aromatic N) is 1. The molecule has 0 unspecified atom stereocenters. The van der Waals surface area contributed by atoms with Crippen molar-refractivity contribution in [2.75, 3.05) is 4.90 Å². The van der Waals surface area contributed by atoms with Crippen LogP contribution in [0.25, 0.3) is 0 Å².